The molecule has 1 heterocycles. The summed E-state index contributed by atoms with van der Waals surface area (Å²) in [7, 11) is 0. The van der Waals surface area contributed by atoms with Gasteiger partial charge < -0.3 is 11.1 Å². The largest absolute Gasteiger partial charge is 0.368 e. The molecule has 0 amide bonds. The van der Waals surface area contributed by atoms with Gasteiger partial charge >= 0.3 is 0 Å². The summed E-state index contributed by atoms with van der Waals surface area (Å²) in [5, 5.41) is 4.31. The molecular weight excluding hydrogens is 260 g/mol. The fourth-order valence-corrected chi connectivity index (χ4v) is 2.30. The first-order valence-electron chi connectivity index (χ1n) is 7.03. The van der Waals surface area contributed by atoms with E-state index in [1.807, 2.05) is 36.4 Å². The van der Waals surface area contributed by atoms with E-state index in [2.05, 4.69) is 41.3 Å². The normalized spacial score (nSPS) is 11.0. The maximum atomic E-state index is 5.79. The van der Waals surface area contributed by atoms with Crippen molar-refractivity contribution in [3.63, 3.8) is 0 Å². The Morgan fingerprint density at radius 1 is 1.00 bits per heavy atom. The van der Waals surface area contributed by atoms with E-state index in [4.69, 9.17) is 5.73 Å². The number of hydrogen-bond donors (Lipinski definition) is 2. The standard InChI is InChI=1S/C17H18N4/c1-11(2)12-6-5-7-13(10-12)19-16-14-8-3-4-9-15(14)20-17(18)21-16/h3-11H,1-2H3,(H3,18,19,20,21). The molecule has 0 saturated heterocycles. The number of nitrogens with zero attached hydrogens (tertiary/aromatic N) is 2. The van der Waals surface area contributed by atoms with Crippen molar-refractivity contribution in [1.29, 1.82) is 0 Å². The molecule has 3 rings (SSSR count). The number of fused-ring (bicyclic) bond motifs is 1. The second kappa shape index (κ2) is 5.40. The Labute approximate surface area is 124 Å². The Morgan fingerprint density at radius 3 is 2.62 bits per heavy atom. The topological polar surface area (TPSA) is 63.8 Å². The first kappa shape index (κ1) is 13.4. The Kier molecular flexibility index (Phi) is 3.44. The lowest BCUT2D eigenvalue weighted by Gasteiger charge is -2.12. The van der Waals surface area contributed by atoms with Gasteiger partial charge in [0.1, 0.15) is 5.82 Å². The van der Waals surface area contributed by atoms with Crippen molar-refractivity contribution < 1.29 is 0 Å². The second-order valence-electron chi connectivity index (χ2n) is 5.35. The summed E-state index contributed by atoms with van der Waals surface area (Å²) in [5.41, 5.74) is 8.92. The van der Waals surface area contributed by atoms with Crippen LogP contribution < -0.4 is 11.1 Å². The molecule has 4 nitrogen and oxygen atoms in total. The van der Waals surface area contributed by atoms with Crippen LogP contribution in [-0.2, 0) is 0 Å². The van der Waals surface area contributed by atoms with Crippen molar-refractivity contribution in [3.8, 4) is 0 Å². The van der Waals surface area contributed by atoms with Gasteiger partial charge in [0.25, 0.3) is 0 Å². The summed E-state index contributed by atoms with van der Waals surface area (Å²) in [4.78, 5) is 8.58. The van der Waals surface area contributed by atoms with Gasteiger partial charge in [-0.2, -0.15) is 4.98 Å². The van der Waals surface area contributed by atoms with Gasteiger partial charge in [0.2, 0.25) is 5.95 Å². The zero-order valence-corrected chi connectivity index (χ0v) is 12.2. The lowest BCUT2D eigenvalue weighted by molar-refractivity contribution is 0.867. The number of para-hydroxylation sites is 1. The number of aromatic nitrogens is 2. The van der Waals surface area contributed by atoms with Crippen molar-refractivity contribution in [1.82, 2.24) is 9.97 Å². The number of nitrogens with two attached hydrogens (primary N) is 1. The summed E-state index contributed by atoms with van der Waals surface area (Å²) in [6.45, 7) is 4.36. The molecule has 4 heteroatoms. The predicted molar refractivity (Wildman–Crippen MR) is 87.8 cm³/mol. The molecular formula is C17H18N4. The summed E-state index contributed by atoms with van der Waals surface area (Å²) < 4.78 is 0. The SMILES string of the molecule is CC(C)c1cccc(Nc2nc(N)nc3ccccc23)c1. The Hall–Kier alpha value is -2.62. The van der Waals surface area contributed by atoms with Crippen LogP contribution in [0.1, 0.15) is 25.3 Å². The van der Waals surface area contributed by atoms with Crippen LogP contribution in [0.25, 0.3) is 10.9 Å². The van der Waals surface area contributed by atoms with E-state index in [9.17, 15) is 0 Å². The van der Waals surface area contributed by atoms with E-state index >= 15 is 0 Å². The van der Waals surface area contributed by atoms with Crippen LogP contribution in [0.2, 0.25) is 0 Å². The fraction of sp³-hybridized carbons (Fsp3) is 0.176. The van der Waals surface area contributed by atoms with E-state index in [1.54, 1.807) is 0 Å². The number of nitrogen functional groups attached to an aromatic ring is 1. The molecule has 0 saturated carbocycles. The quantitative estimate of drug-likeness (QED) is 0.757. The van der Waals surface area contributed by atoms with E-state index in [-0.39, 0.29) is 5.95 Å². The van der Waals surface area contributed by atoms with E-state index in [1.165, 1.54) is 5.56 Å². The van der Waals surface area contributed by atoms with Gasteiger partial charge in [-0.05, 0) is 35.7 Å². The molecule has 0 bridgehead atoms. The average Bonchev–Trinajstić information content (AvgIpc) is 2.47. The number of benzene rings is 2. The van der Waals surface area contributed by atoms with Crippen molar-refractivity contribution in [2.45, 2.75) is 19.8 Å². The fourth-order valence-electron chi connectivity index (χ4n) is 2.30. The molecule has 0 unspecified atom stereocenters. The monoisotopic (exact) mass is 278 g/mol. The third-order valence-corrected chi connectivity index (χ3v) is 3.44. The number of nitrogens with one attached hydrogen (secondary N) is 1. The van der Waals surface area contributed by atoms with Crippen LogP contribution >= 0.6 is 0 Å². The summed E-state index contributed by atoms with van der Waals surface area (Å²) in [6.07, 6.45) is 0. The zero-order valence-electron chi connectivity index (χ0n) is 12.2. The van der Waals surface area contributed by atoms with Crippen molar-refractivity contribution in [3.05, 3.63) is 54.1 Å². The average molecular weight is 278 g/mol. The molecule has 106 valence electrons. The van der Waals surface area contributed by atoms with Gasteiger partial charge in [0, 0.05) is 11.1 Å². The van der Waals surface area contributed by atoms with Gasteiger partial charge in [-0.15, -0.1) is 0 Å². The lowest BCUT2D eigenvalue weighted by atomic mass is 10.0. The molecule has 0 aliphatic rings. The molecule has 0 radical (unpaired) electrons. The summed E-state index contributed by atoms with van der Waals surface area (Å²) in [5.74, 6) is 1.49. The third-order valence-electron chi connectivity index (χ3n) is 3.44. The number of rotatable bonds is 3. The van der Waals surface area contributed by atoms with Crippen LogP contribution in [0.3, 0.4) is 0 Å². The van der Waals surface area contributed by atoms with Crippen LogP contribution in [0, 0.1) is 0 Å². The Bertz CT molecular complexity index is 781. The summed E-state index contributed by atoms with van der Waals surface area (Å²) >= 11 is 0. The highest BCUT2D eigenvalue weighted by Crippen LogP contribution is 2.26. The molecule has 2 aromatic carbocycles. The molecule has 21 heavy (non-hydrogen) atoms. The molecule has 0 atom stereocenters. The highest BCUT2D eigenvalue weighted by molar-refractivity contribution is 5.91. The molecule has 0 aliphatic heterocycles. The van der Waals surface area contributed by atoms with Crippen molar-refractivity contribution >= 4 is 28.4 Å². The maximum Gasteiger partial charge on any atom is 0.222 e. The van der Waals surface area contributed by atoms with E-state index in [0.717, 1.165) is 22.4 Å². The molecule has 3 aromatic rings. The minimum Gasteiger partial charge on any atom is -0.368 e. The maximum absolute atomic E-state index is 5.79. The Balaban J connectivity index is 2.03. The van der Waals surface area contributed by atoms with Crippen LogP contribution in [-0.4, -0.2) is 9.97 Å². The number of hydrogen-bond acceptors (Lipinski definition) is 4. The minimum absolute atomic E-state index is 0.274. The van der Waals surface area contributed by atoms with Crippen molar-refractivity contribution in [2.24, 2.45) is 0 Å². The van der Waals surface area contributed by atoms with E-state index < -0.39 is 0 Å². The third kappa shape index (κ3) is 2.79. The second-order valence-corrected chi connectivity index (χ2v) is 5.35. The molecule has 0 aliphatic carbocycles. The zero-order chi connectivity index (χ0) is 14.8. The van der Waals surface area contributed by atoms with Gasteiger partial charge in [0.15, 0.2) is 0 Å². The van der Waals surface area contributed by atoms with Crippen LogP contribution in [0.15, 0.2) is 48.5 Å². The summed E-state index contributed by atoms with van der Waals surface area (Å²) in [6, 6.07) is 16.2. The smallest absolute Gasteiger partial charge is 0.222 e. The molecule has 0 spiro atoms. The first-order valence-corrected chi connectivity index (χ1v) is 7.03. The van der Waals surface area contributed by atoms with Gasteiger partial charge in [0.05, 0.1) is 5.52 Å². The molecule has 0 fully saturated rings. The highest BCUT2D eigenvalue weighted by atomic mass is 15.1. The van der Waals surface area contributed by atoms with Crippen LogP contribution in [0.5, 0.6) is 0 Å². The van der Waals surface area contributed by atoms with Crippen molar-refractivity contribution in [2.75, 3.05) is 11.1 Å². The van der Waals surface area contributed by atoms with Gasteiger partial charge in [-0.25, -0.2) is 4.98 Å². The lowest BCUT2D eigenvalue weighted by Crippen LogP contribution is -2.01. The highest BCUT2D eigenvalue weighted by Gasteiger charge is 2.07. The molecule has 1 aromatic heterocycles. The molecule has 3 N–H and O–H groups in total. The Morgan fingerprint density at radius 2 is 1.81 bits per heavy atom. The van der Waals surface area contributed by atoms with Crippen LogP contribution in [0.4, 0.5) is 17.5 Å². The van der Waals surface area contributed by atoms with Gasteiger partial charge in [-0.1, -0.05) is 38.1 Å². The van der Waals surface area contributed by atoms with E-state index in [0.29, 0.717) is 5.92 Å². The minimum atomic E-state index is 0.274. The predicted octanol–water partition coefficient (Wildman–Crippen LogP) is 4.08. The first-order chi connectivity index (χ1) is 10.1. The number of anilines is 3. The van der Waals surface area contributed by atoms with Gasteiger partial charge in [-0.3, -0.25) is 0 Å².